The van der Waals surface area contributed by atoms with Crippen LogP contribution in [0.25, 0.3) is 0 Å². The zero-order valence-electron chi connectivity index (χ0n) is 11.4. The Labute approximate surface area is 116 Å². The maximum absolute atomic E-state index is 11.7. The van der Waals surface area contributed by atoms with Gasteiger partial charge in [-0.3, -0.25) is 19.8 Å². The highest BCUT2D eigenvalue weighted by atomic mass is 16.5. The van der Waals surface area contributed by atoms with Gasteiger partial charge in [0, 0.05) is 6.54 Å². The van der Waals surface area contributed by atoms with E-state index >= 15 is 0 Å². The van der Waals surface area contributed by atoms with Gasteiger partial charge in [0.05, 0.1) is 25.3 Å². The Balaban J connectivity index is 2.23. The predicted octanol–water partition coefficient (Wildman–Crippen LogP) is 0.320. The number of amides is 2. The van der Waals surface area contributed by atoms with Crippen LogP contribution in [0.5, 0.6) is 0 Å². The molecule has 1 heterocycles. The summed E-state index contributed by atoms with van der Waals surface area (Å²) in [5.41, 5.74) is 1.18. The topological polar surface area (TPSA) is 75.7 Å². The second kappa shape index (κ2) is 5.83. The van der Waals surface area contributed by atoms with E-state index in [1.807, 2.05) is 0 Å². The van der Waals surface area contributed by atoms with Crippen LogP contribution in [0.2, 0.25) is 0 Å². The molecule has 1 aromatic rings. The van der Waals surface area contributed by atoms with Crippen molar-refractivity contribution in [2.75, 3.05) is 13.7 Å². The van der Waals surface area contributed by atoms with Crippen LogP contribution in [0.15, 0.2) is 24.3 Å². The molecule has 1 aliphatic heterocycles. The largest absolute Gasteiger partial charge is 0.465 e. The lowest BCUT2D eigenvalue weighted by Crippen LogP contribution is -2.56. The van der Waals surface area contributed by atoms with Gasteiger partial charge >= 0.3 is 5.97 Å². The third-order valence-electron chi connectivity index (χ3n) is 3.33. The van der Waals surface area contributed by atoms with E-state index in [4.69, 9.17) is 4.74 Å². The van der Waals surface area contributed by atoms with E-state index in [0.29, 0.717) is 12.1 Å². The molecule has 1 atom stereocenters. The zero-order chi connectivity index (χ0) is 14.7. The lowest BCUT2D eigenvalue weighted by Gasteiger charge is -2.31. The summed E-state index contributed by atoms with van der Waals surface area (Å²) in [5, 5.41) is 2.28. The summed E-state index contributed by atoms with van der Waals surface area (Å²) in [7, 11) is 1.32. The molecule has 1 N–H and O–H groups in total. The fourth-order valence-corrected chi connectivity index (χ4v) is 2.15. The highest BCUT2D eigenvalue weighted by Crippen LogP contribution is 2.16. The maximum atomic E-state index is 11.7. The molecule has 0 spiro atoms. The second-order valence-corrected chi connectivity index (χ2v) is 4.64. The molecule has 2 rings (SSSR count). The lowest BCUT2D eigenvalue weighted by atomic mass is 10.1. The number of hydrogen-bond acceptors (Lipinski definition) is 5. The molecule has 0 bridgehead atoms. The van der Waals surface area contributed by atoms with E-state index < -0.39 is 12.0 Å². The molecule has 0 radical (unpaired) electrons. The van der Waals surface area contributed by atoms with E-state index in [9.17, 15) is 14.4 Å². The molecule has 1 unspecified atom stereocenters. The Bertz CT molecular complexity index is 556. The molecule has 1 aliphatic rings. The molecule has 6 nitrogen and oxygen atoms in total. The number of benzene rings is 1. The van der Waals surface area contributed by atoms with Gasteiger partial charge in [-0.25, -0.2) is 4.79 Å². The van der Waals surface area contributed by atoms with E-state index in [1.165, 1.54) is 7.11 Å². The third kappa shape index (κ3) is 2.85. The Morgan fingerprint density at radius 3 is 2.80 bits per heavy atom. The number of methoxy groups -OCH3 is 1. The smallest absolute Gasteiger partial charge is 0.338 e. The van der Waals surface area contributed by atoms with Crippen molar-refractivity contribution in [1.82, 2.24) is 10.2 Å². The number of carbonyl (C=O) groups is 3. The monoisotopic (exact) mass is 276 g/mol. The number of hydrogen-bond donors (Lipinski definition) is 1. The van der Waals surface area contributed by atoms with Crippen LogP contribution in [-0.2, 0) is 20.9 Å². The minimum atomic E-state index is -0.430. The Hall–Kier alpha value is -2.21. The molecule has 6 heteroatoms. The molecular formula is C14H16N2O4. The summed E-state index contributed by atoms with van der Waals surface area (Å²) in [5.74, 6) is -1.08. The van der Waals surface area contributed by atoms with Crippen LogP contribution in [0.4, 0.5) is 0 Å². The minimum absolute atomic E-state index is 0.127. The van der Waals surface area contributed by atoms with Gasteiger partial charge in [0.15, 0.2) is 0 Å². The van der Waals surface area contributed by atoms with E-state index in [2.05, 4.69) is 5.32 Å². The molecule has 106 valence electrons. The van der Waals surface area contributed by atoms with Gasteiger partial charge in [-0.15, -0.1) is 0 Å². The van der Waals surface area contributed by atoms with Crippen LogP contribution >= 0.6 is 0 Å². The number of carbonyl (C=O) groups excluding carboxylic acids is 3. The maximum Gasteiger partial charge on any atom is 0.338 e. The van der Waals surface area contributed by atoms with Crippen molar-refractivity contribution in [2.24, 2.45) is 0 Å². The van der Waals surface area contributed by atoms with Gasteiger partial charge in [-0.05, 0) is 18.6 Å². The summed E-state index contributed by atoms with van der Waals surface area (Å²) in [6.45, 7) is 2.19. The van der Waals surface area contributed by atoms with Crippen molar-refractivity contribution >= 4 is 17.8 Å². The first-order valence-corrected chi connectivity index (χ1v) is 6.27. The fourth-order valence-electron chi connectivity index (χ4n) is 2.15. The Morgan fingerprint density at radius 2 is 2.10 bits per heavy atom. The number of nitrogens with one attached hydrogen (secondary N) is 1. The molecule has 1 aromatic carbocycles. The van der Waals surface area contributed by atoms with Crippen LogP contribution in [0.3, 0.4) is 0 Å². The average molecular weight is 276 g/mol. The quantitative estimate of drug-likeness (QED) is 0.635. The van der Waals surface area contributed by atoms with Crippen LogP contribution in [0, 0.1) is 0 Å². The van der Waals surface area contributed by atoms with E-state index in [1.54, 1.807) is 36.1 Å². The SMILES string of the molecule is COC(=O)c1ccccc1CN1CC(=O)NC(=O)C1C. The molecule has 1 fully saturated rings. The van der Waals surface area contributed by atoms with Crippen LogP contribution < -0.4 is 5.32 Å². The average Bonchev–Trinajstić information content (AvgIpc) is 2.44. The van der Waals surface area contributed by atoms with Gasteiger partial charge < -0.3 is 4.74 Å². The number of piperazine rings is 1. The molecule has 0 aromatic heterocycles. The van der Waals surface area contributed by atoms with Crippen LogP contribution in [0.1, 0.15) is 22.8 Å². The molecule has 0 saturated carbocycles. The molecule has 20 heavy (non-hydrogen) atoms. The summed E-state index contributed by atoms with van der Waals surface area (Å²) in [6.07, 6.45) is 0. The second-order valence-electron chi connectivity index (χ2n) is 4.64. The highest BCUT2D eigenvalue weighted by molar-refractivity contribution is 6.00. The molecule has 0 aliphatic carbocycles. The van der Waals surface area contributed by atoms with Crippen LogP contribution in [-0.4, -0.2) is 42.4 Å². The van der Waals surface area contributed by atoms with Gasteiger partial charge in [0.1, 0.15) is 0 Å². The predicted molar refractivity (Wildman–Crippen MR) is 70.8 cm³/mol. The highest BCUT2D eigenvalue weighted by Gasteiger charge is 2.30. The van der Waals surface area contributed by atoms with Gasteiger partial charge in [0.2, 0.25) is 11.8 Å². The number of imide groups is 1. The first-order valence-electron chi connectivity index (χ1n) is 6.27. The number of esters is 1. The fraction of sp³-hybridized carbons (Fsp3) is 0.357. The first kappa shape index (κ1) is 14.2. The van der Waals surface area contributed by atoms with Crippen molar-refractivity contribution in [3.05, 3.63) is 35.4 Å². The van der Waals surface area contributed by atoms with Gasteiger partial charge in [-0.2, -0.15) is 0 Å². The molecular weight excluding hydrogens is 260 g/mol. The van der Waals surface area contributed by atoms with Gasteiger partial charge in [-0.1, -0.05) is 18.2 Å². The van der Waals surface area contributed by atoms with Crippen molar-refractivity contribution in [3.8, 4) is 0 Å². The molecule has 1 saturated heterocycles. The van der Waals surface area contributed by atoms with Crippen molar-refractivity contribution in [1.29, 1.82) is 0 Å². The lowest BCUT2D eigenvalue weighted by molar-refractivity contribution is -0.139. The van der Waals surface area contributed by atoms with Gasteiger partial charge in [0.25, 0.3) is 0 Å². The number of rotatable bonds is 3. The Kier molecular flexibility index (Phi) is 4.14. The number of nitrogens with zero attached hydrogens (tertiary/aromatic N) is 1. The normalized spacial score (nSPS) is 19.6. The molecule has 2 amide bonds. The number of ether oxygens (including phenoxy) is 1. The zero-order valence-corrected chi connectivity index (χ0v) is 11.4. The minimum Gasteiger partial charge on any atom is -0.465 e. The first-order chi connectivity index (χ1) is 9.52. The summed E-state index contributed by atoms with van der Waals surface area (Å²) >= 11 is 0. The standard InChI is InChI=1S/C14H16N2O4/c1-9-13(18)15-12(17)8-16(9)7-10-5-3-4-6-11(10)14(19)20-2/h3-6,9H,7-8H2,1-2H3,(H,15,17,18). The third-order valence-corrected chi connectivity index (χ3v) is 3.33. The van der Waals surface area contributed by atoms with Crippen molar-refractivity contribution < 1.29 is 19.1 Å². The Morgan fingerprint density at radius 1 is 1.40 bits per heavy atom. The summed E-state index contributed by atoms with van der Waals surface area (Å²) in [6, 6.07) is 6.58. The summed E-state index contributed by atoms with van der Waals surface area (Å²) in [4.78, 5) is 36.5. The summed E-state index contributed by atoms with van der Waals surface area (Å²) < 4.78 is 4.73. The van der Waals surface area contributed by atoms with Crippen molar-refractivity contribution in [2.45, 2.75) is 19.5 Å². The van der Waals surface area contributed by atoms with E-state index in [0.717, 1.165) is 5.56 Å². The van der Waals surface area contributed by atoms with E-state index in [-0.39, 0.29) is 18.4 Å². The van der Waals surface area contributed by atoms with Crippen molar-refractivity contribution in [3.63, 3.8) is 0 Å².